The Bertz CT molecular complexity index is 1240. The molecule has 0 atom stereocenters. The van der Waals surface area contributed by atoms with Crippen LogP contribution in [0.25, 0.3) is 11.5 Å². The molecule has 33 heavy (non-hydrogen) atoms. The number of methoxy groups -OCH3 is 1. The fourth-order valence-electron chi connectivity index (χ4n) is 3.51. The molecule has 2 heterocycles. The second-order valence-electron chi connectivity index (χ2n) is 7.41. The van der Waals surface area contributed by atoms with Gasteiger partial charge in [-0.25, -0.2) is 8.42 Å². The van der Waals surface area contributed by atoms with Gasteiger partial charge in [0.05, 0.1) is 21.8 Å². The van der Waals surface area contributed by atoms with E-state index >= 15 is 0 Å². The van der Waals surface area contributed by atoms with Crippen LogP contribution in [0.5, 0.6) is 5.75 Å². The molecule has 1 aliphatic heterocycles. The molecular weight excluding hydrogens is 468 g/mol. The molecule has 2 aromatic carbocycles. The highest BCUT2D eigenvalue weighted by molar-refractivity contribution is 7.99. The van der Waals surface area contributed by atoms with Gasteiger partial charge in [0.25, 0.3) is 10.9 Å². The molecule has 3 aromatic rings. The molecule has 0 radical (unpaired) electrons. The summed E-state index contributed by atoms with van der Waals surface area (Å²) in [5.41, 5.74) is 0.337. The van der Waals surface area contributed by atoms with Gasteiger partial charge < -0.3 is 9.15 Å². The van der Waals surface area contributed by atoms with Crippen LogP contribution in [0.3, 0.4) is 0 Å². The standard InChI is InChI=1S/C21H22N4O6S2/c1-30-16-8-6-15(7-9-16)20-22-23-21(31-20)32-19-11-10-17(14-18(19)25(26)27)33(28,29)24-12-4-2-3-5-13-24/h6-11,14H,2-5,12-13H2,1H3. The molecule has 1 aliphatic rings. The molecule has 4 rings (SSSR count). The average Bonchev–Trinajstić information content (AvgIpc) is 3.10. The second kappa shape index (κ2) is 9.89. The quantitative estimate of drug-likeness (QED) is 0.350. The highest BCUT2D eigenvalue weighted by Gasteiger charge is 2.28. The number of hydrogen-bond acceptors (Lipinski definition) is 9. The third-order valence-corrected chi connectivity index (χ3v) is 8.07. The molecule has 0 amide bonds. The predicted molar refractivity (Wildman–Crippen MR) is 121 cm³/mol. The van der Waals surface area contributed by atoms with E-state index in [-0.39, 0.29) is 26.6 Å². The van der Waals surface area contributed by atoms with Gasteiger partial charge in [0.1, 0.15) is 5.75 Å². The van der Waals surface area contributed by atoms with Crippen molar-refractivity contribution >= 4 is 27.5 Å². The minimum atomic E-state index is -3.81. The van der Waals surface area contributed by atoms with Crippen LogP contribution in [0.2, 0.25) is 0 Å². The van der Waals surface area contributed by atoms with Crippen molar-refractivity contribution in [1.82, 2.24) is 14.5 Å². The lowest BCUT2D eigenvalue weighted by Crippen LogP contribution is -2.31. The third kappa shape index (κ3) is 5.18. The number of hydrogen-bond donors (Lipinski definition) is 0. The molecule has 0 unspecified atom stereocenters. The van der Waals surface area contributed by atoms with Crippen LogP contribution in [0.1, 0.15) is 25.7 Å². The van der Waals surface area contributed by atoms with Gasteiger partial charge in [0.2, 0.25) is 15.9 Å². The summed E-state index contributed by atoms with van der Waals surface area (Å²) in [7, 11) is -2.25. The van der Waals surface area contributed by atoms with Crippen molar-refractivity contribution in [3.8, 4) is 17.2 Å². The number of sulfonamides is 1. The average molecular weight is 491 g/mol. The van der Waals surface area contributed by atoms with Crippen LogP contribution in [0, 0.1) is 10.1 Å². The lowest BCUT2D eigenvalue weighted by atomic mass is 10.2. The van der Waals surface area contributed by atoms with Crippen LogP contribution >= 0.6 is 11.8 Å². The summed E-state index contributed by atoms with van der Waals surface area (Å²) < 4.78 is 38.2. The van der Waals surface area contributed by atoms with Gasteiger partial charge in [-0.1, -0.05) is 12.8 Å². The third-order valence-electron chi connectivity index (χ3n) is 5.27. The van der Waals surface area contributed by atoms with E-state index in [0.29, 0.717) is 24.4 Å². The molecular formula is C21H22N4O6S2. The van der Waals surface area contributed by atoms with E-state index in [9.17, 15) is 18.5 Å². The first kappa shape index (κ1) is 23.2. The summed E-state index contributed by atoms with van der Waals surface area (Å²) >= 11 is 0.909. The van der Waals surface area contributed by atoms with Gasteiger partial charge in [-0.15, -0.1) is 10.2 Å². The van der Waals surface area contributed by atoms with E-state index in [1.165, 1.54) is 16.4 Å². The number of aromatic nitrogens is 2. The topological polar surface area (TPSA) is 129 Å². The lowest BCUT2D eigenvalue weighted by molar-refractivity contribution is -0.388. The summed E-state index contributed by atoms with van der Waals surface area (Å²) in [4.78, 5) is 11.2. The Labute approximate surface area is 195 Å². The minimum Gasteiger partial charge on any atom is -0.497 e. The summed E-state index contributed by atoms with van der Waals surface area (Å²) in [6.07, 6.45) is 3.51. The SMILES string of the molecule is COc1ccc(-c2nnc(Sc3ccc(S(=O)(=O)N4CCCCCC4)cc3[N+](=O)[O-])o2)cc1. The highest BCUT2D eigenvalue weighted by Crippen LogP contribution is 2.37. The fraction of sp³-hybridized carbons (Fsp3) is 0.333. The zero-order chi connectivity index (χ0) is 23.4. The number of nitro benzene ring substituents is 1. The highest BCUT2D eigenvalue weighted by atomic mass is 32.2. The van der Waals surface area contributed by atoms with Gasteiger partial charge in [0.15, 0.2) is 0 Å². The Kier molecular flexibility index (Phi) is 6.96. The Balaban J connectivity index is 1.58. The molecule has 0 bridgehead atoms. The molecule has 1 saturated heterocycles. The molecule has 0 saturated carbocycles. The largest absolute Gasteiger partial charge is 0.497 e. The van der Waals surface area contributed by atoms with Gasteiger partial charge in [0, 0.05) is 24.7 Å². The second-order valence-corrected chi connectivity index (χ2v) is 10.3. The molecule has 0 spiro atoms. The Hall–Kier alpha value is -2.96. The molecule has 1 aromatic heterocycles. The van der Waals surface area contributed by atoms with Crippen molar-refractivity contribution in [3.05, 3.63) is 52.6 Å². The lowest BCUT2D eigenvalue weighted by Gasteiger charge is -2.19. The van der Waals surface area contributed by atoms with E-state index in [1.807, 2.05) is 0 Å². The maximum Gasteiger partial charge on any atom is 0.284 e. The maximum absolute atomic E-state index is 13.0. The molecule has 12 heteroatoms. The number of rotatable bonds is 7. The van der Waals surface area contributed by atoms with E-state index in [2.05, 4.69) is 10.2 Å². The van der Waals surface area contributed by atoms with Gasteiger partial charge in [-0.05, 0) is 61.0 Å². The van der Waals surface area contributed by atoms with Crippen molar-refractivity contribution in [2.45, 2.75) is 40.7 Å². The molecule has 0 N–H and O–H groups in total. The van der Waals surface area contributed by atoms with Crippen molar-refractivity contribution < 1.29 is 22.5 Å². The predicted octanol–water partition coefficient (Wildman–Crippen LogP) is 4.37. The molecule has 0 aliphatic carbocycles. The van der Waals surface area contributed by atoms with Gasteiger partial charge >= 0.3 is 0 Å². The monoisotopic (exact) mass is 490 g/mol. The first-order chi connectivity index (χ1) is 15.9. The minimum absolute atomic E-state index is 0.0927. The first-order valence-corrected chi connectivity index (χ1v) is 12.6. The summed E-state index contributed by atoms with van der Waals surface area (Å²) in [6, 6.07) is 10.9. The molecule has 1 fully saturated rings. The Morgan fingerprint density at radius 1 is 1.06 bits per heavy atom. The fourth-order valence-corrected chi connectivity index (χ4v) is 5.82. The number of nitrogens with zero attached hydrogens (tertiary/aromatic N) is 4. The van der Waals surface area contributed by atoms with Crippen LogP contribution in [0.4, 0.5) is 5.69 Å². The van der Waals surface area contributed by atoms with E-state index < -0.39 is 14.9 Å². The van der Waals surface area contributed by atoms with E-state index in [0.717, 1.165) is 43.5 Å². The number of benzene rings is 2. The van der Waals surface area contributed by atoms with Crippen LogP contribution < -0.4 is 4.74 Å². The first-order valence-electron chi connectivity index (χ1n) is 10.3. The molecule has 174 valence electrons. The Morgan fingerprint density at radius 2 is 1.76 bits per heavy atom. The van der Waals surface area contributed by atoms with E-state index in [4.69, 9.17) is 9.15 Å². The number of nitro groups is 1. The van der Waals surface area contributed by atoms with Crippen molar-refractivity contribution in [2.24, 2.45) is 0 Å². The smallest absolute Gasteiger partial charge is 0.284 e. The van der Waals surface area contributed by atoms with E-state index in [1.54, 1.807) is 31.4 Å². The Morgan fingerprint density at radius 3 is 2.39 bits per heavy atom. The maximum atomic E-state index is 13.0. The normalized spacial score (nSPS) is 15.2. The summed E-state index contributed by atoms with van der Waals surface area (Å²) in [5.74, 6) is 0.932. The zero-order valence-corrected chi connectivity index (χ0v) is 19.5. The van der Waals surface area contributed by atoms with Crippen molar-refractivity contribution in [2.75, 3.05) is 20.2 Å². The van der Waals surface area contributed by atoms with Crippen molar-refractivity contribution in [1.29, 1.82) is 0 Å². The number of ether oxygens (including phenoxy) is 1. The van der Waals surface area contributed by atoms with Crippen LogP contribution in [-0.4, -0.2) is 48.0 Å². The van der Waals surface area contributed by atoms with Gasteiger partial charge in [-0.2, -0.15) is 4.31 Å². The van der Waals surface area contributed by atoms with Crippen LogP contribution in [-0.2, 0) is 10.0 Å². The molecule has 10 nitrogen and oxygen atoms in total. The summed E-state index contributed by atoms with van der Waals surface area (Å²) in [6.45, 7) is 0.839. The van der Waals surface area contributed by atoms with Gasteiger partial charge in [-0.3, -0.25) is 10.1 Å². The van der Waals surface area contributed by atoms with Crippen molar-refractivity contribution in [3.63, 3.8) is 0 Å². The summed E-state index contributed by atoms with van der Waals surface area (Å²) in [5, 5.41) is 19.8. The zero-order valence-electron chi connectivity index (χ0n) is 17.8. The van der Waals surface area contributed by atoms with Crippen LogP contribution in [0.15, 0.2) is 61.9 Å².